The lowest BCUT2D eigenvalue weighted by molar-refractivity contribution is -0.114. The van der Waals surface area contributed by atoms with Crippen LogP contribution in [-0.2, 0) is 4.79 Å². The summed E-state index contributed by atoms with van der Waals surface area (Å²) in [4.78, 5) is 25.3. The van der Waals surface area contributed by atoms with Crippen LogP contribution in [0.2, 0.25) is 0 Å². The molecule has 1 N–H and O–H groups in total. The summed E-state index contributed by atoms with van der Waals surface area (Å²) in [6.07, 6.45) is 0. The number of hydrogen-bond acceptors (Lipinski definition) is 3. The maximum Gasteiger partial charge on any atom is 0.299 e. The summed E-state index contributed by atoms with van der Waals surface area (Å²) in [5, 5.41) is 2.97. The Morgan fingerprint density at radius 1 is 1.44 bits per heavy atom. The lowest BCUT2D eigenvalue weighted by Crippen LogP contribution is -2.33. The summed E-state index contributed by atoms with van der Waals surface area (Å²) in [5.74, 6) is -0.955. The number of nitrogens with one attached hydrogen (secondary N) is 1. The van der Waals surface area contributed by atoms with Crippen molar-refractivity contribution in [1.82, 2.24) is 5.32 Å². The van der Waals surface area contributed by atoms with Gasteiger partial charge in [0.1, 0.15) is 0 Å². The predicted molar refractivity (Wildman–Crippen MR) is 73.9 cm³/mol. The third kappa shape index (κ3) is 2.11. The zero-order chi connectivity index (χ0) is 13.3. The number of fused-ring (bicyclic) bond motifs is 1. The van der Waals surface area contributed by atoms with Crippen molar-refractivity contribution in [3.05, 3.63) is 40.4 Å². The summed E-state index contributed by atoms with van der Waals surface area (Å²) >= 11 is 3.31. The SMILES string of the molecule is C=C(CNC)CN1C(=O)C(=O)c2c(Br)cccc21. The molecule has 0 unspecified atom stereocenters. The Hall–Kier alpha value is -1.46. The number of Topliss-reactive ketones (excluding diaryl/α,β-unsaturated/α-hetero) is 1. The highest BCUT2D eigenvalue weighted by Gasteiger charge is 2.37. The monoisotopic (exact) mass is 308 g/mol. The van der Waals surface area contributed by atoms with Gasteiger partial charge >= 0.3 is 0 Å². The van der Waals surface area contributed by atoms with E-state index in [4.69, 9.17) is 0 Å². The standard InChI is InChI=1S/C13H13BrN2O2/c1-8(6-15-2)7-16-10-5-3-4-9(14)11(10)12(17)13(16)18/h3-5,15H,1,6-7H2,2H3. The highest BCUT2D eigenvalue weighted by Crippen LogP contribution is 2.34. The molecular weight excluding hydrogens is 296 g/mol. The van der Waals surface area contributed by atoms with Crippen LogP contribution in [0.5, 0.6) is 0 Å². The first kappa shape index (κ1) is 13.0. The molecule has 1 heterocycles. The first-order valence-electron chi connectivity index (χ1n) is 5.52. The molecule has 0 fully saturated rings. The van der Waals surface area contributed by atoms with Crippen molar-refractivity contribution in [2.24, 2.45) is 0 Å². The molecule has 0 atom stereocenters. The molecule has 0 saturated carbocycles. The lowest BCUT2D eigenvalue weighted by Gasteiger charge is -2.17. The highest BCUT2D eigenvalue weighted by molar-refractivity contribution is 9.10. The molecule has 2 rings (SSSR count). The average molecular weight is 309 g/mol. The van der Waals surface area contributed by atoms with Gasteiger partial charge in [0.05, 0.1) is 11.3 Å². The van der Waals surface area contributed by atoms with Crippen LogP contribution in [0.25, 0.3) is 0 Å². The zero-order valence-corrected chi connectivity index (χ0v) is 11.6. The Kier molecular flexibility index (Phi) is 3.63. The normalized spacial score (nSPS) is 14.0. The van der Waals surface area contributed by atoms with Crippen molar-refractivity contribution in [2.45, 2.75) is 0 Å². The Labute approximate surface area is 114 Å². The first-order chi connectivity index (χ1) is 8.56. The molecule has 0 aliphatic carbocycles. The highest BCUT2D eigenvalue weighted by atomic mass is 79.9. The second-order valence-electron chi connectivity index (χ2n) is 4.13. The number of hydrogen-bond donors (Lipinski definition) is 1. The van der Waals surface area contributed by atoms with Crippen molar-refractivity contribution >= 4 is 33.3 Å². The van der Waals surface area contributed by atoms with Gasteiger partial charge < -0.3 is 10.2 Å². The molecule has 1 aromatic carbocycles. The molecule has 0 bridgehead atoms. The summed E-state index contributed by atoms with van der Waals surface area (Å²) in [5.41, 5.74) is 1.95. The quantitative estimate of drug-likeness (QED) is 0.681. The van der Waals surface area contributed by atoms with Crippen LogP contribution in [-0.4, -0.2) is 31.8 Å². The largest absolute Gasteiger partial charge is 0.316 e. The Balaban J connectivity index is 2.35. The lowest BCUT2D eigenvalue weighted by atomic mass is 10.1. The van der Waals surface area contributed by atoms with Crippen LogP contribution in [0.4, 0.5) is 5.69 Å². The van der Waals surface area contributed by atoms with E-state index < -0.39 is 11.7 Å². The molecule has 94 valence electrons. The summed E-state index contributed by atoms with van der Waals surface area (Å²) in [7, 11) is 1.81. The summed E-state index contributed by atoms with van der Waals surface area (Å²) in [6.45, 7) is 4.85. The van der Waals surface area contributed by atoms with Gasteiger partial charge in [-0.1, -0.05) is 12.6 Å². The van der Waals surface area contributed by atoms with Gasteiger partial charge in [0.2, 0.25) is 0 Å². The number of amides is 1. The molecule has 0 radical (unpaired) electrons. The minimum atomic E-state index is -0.492. The van der Waals surface area contributed by atoms with E-state index in [2.05, 4.69) is 27.8 Å². The van der Waals surface area contributed by atoms with Gasteiger partial charge in [0.25, 0.3) is 11.7 Å². The molecule has 5 heteroatoms. The zero-order valence-electron chi connectivity index (χ0n) is 10.00. The van der Waals surface area contributed by atoms with E-state index in [-0.39, 0.29) is 0 Å². The number of carbonyl (C=O) groups excluding carboxylic acids is 2. The number of nitrogens with zero attached hydrogens (tertiary/aromatic N) is 1. The topological polar surface area (TPSA) is 49.4 Å². The van der Waals surface area contributed by atoms with E-state index >= 15 is 0 Å². The van der Waals surface area contributed by atoms with Crippen molar-refractivity contribution < 1.29 is 9.59 Å². The van der Waals surface area contributed by atoms with Gasteiger partial charge in [-0.05, 0) is 40.7 Å². The van der Waals surface area contributed by atoms with Crippen LogP contribution in [0, 0.1) is 0 Å². The van der Waals surface area contributed by atoms with Crippen LogP contribution in [0.3, 0.4) is 0 Å². The van der Waals surface area contributed by atoms with Crippen LogP contribution < -0.4 is 10.2 Å². The maximum atomic E-state index is 11.9. The summed E-state index contributed by atoms with van der Waals surface area (Å²) in [6, 6.07) is 5.34. The van der Waals surface area contributed by atoms with Gasteiger partial charge in [-0.3, -0.25) is 9.59 Å². The van der Waals surface area contributed by atoms with Gasteiger partial charge in [-0.15, -0.1) is 0 Å². The fourth-order valence-corrected chi connectivity index (χ4v) is 2.52. The number of anilines is 1. The van der Waals surface area contributed by atoms with E-state index in [1.165, 1.54) is 4.90 Å². The number of halogens is 1. The summed E-state index contributed by atoms with van der Waals surface area (Å²) < 4.78 is 0.653. The Morgan fingerprint density at radius 2 is 2.17 bits per heavy atom. The number of rotatable bonds is 4. The minimum Gasteiger partial charge on any atom is -0.316 e. The smallest absolute Gasteiger partial charge is 0.299 e. The maximum absolute atomic E-state index is 11.9. The number of carbonyl (C=O) groups is 2. The van der Waals surface area contributed by atoms with Gasteiger partial charge in [-0.2, -0.15) is 0 Å². The van der Waals surface area contributed by atoms with Crippen molar-refractivity contribution in [3.63, 3.8) is 0 Å². The molecule has 0 spiro atoms. The second-order valence-corrected chi connectivity index (χ2v) is 4.99. The predicted octanol–water partition coefficient (Wildman–Crippen LogP) is 1.75. The van der Waals surface area contributed by atoms with E-state index in [1.807, 2.05) is 13.1 Å². The second kappa shape index (κ2) is 5.04. The van der Waals surface area contributed by atoms with Crippen molar-refractivity contribution in [3.8, 4) is 0 Å². The van der Waals surface area contributed by atoms with Crippen molar-refractivity contribution in [1.29, 1.82) is 0 Å². The number of benzene rings is 1. The van der Waals surface area contributed by atoms with Crippen molar-refractivity contribution in [2.75, 3.05) is 25.0 Å². The third-order valence-corrected chi connectivity index (χ3v) is 3.42. The van der Waals surface area contributed by atoms with E-state index in [1.54, 1.807) is 12.1 Å². The van der Waals surface area contributed by atoms with Gasteiger partial charge in [0.15, 0.2) is 0 Å². The number of ketones is 1. The Bertz CT molecular complexity index is 540. The average Bonchev–Trinajstić information content (AvgIpc) is 2.56. The van der Waals surface area contributed by atoms with Crippen LogP contribution in [0.15, 0.2) is 34.8 Å². The van der Waals surface area contributed by atoms with Crippen LogP contribution in [0.1, 0.15) is 10.4 Å². The minimum absolute atomic E-state index is 0.356. The molecule has 4 nitrogen and oxygen atoms in total. The third-order valence-electron chi connectivity index (χ3n) is 2.76. The van der Waals surface area contributed by atoms with Gasteiger partial charge in [0, 0.05) is 17.6 Å². The van der Waals surface area contributed by atoms with Gasteiger partial charge in [-0.25, -0.2) is 0 Å². The molecule has 1 amide bonds. The van der Waals surface area contributed by atoms with E-state index in [0.29, 0.717) is 28.8 Å². The fraction of sp³-hybridized carbons (Fsp3) is 0.231. The molecule has 1 aliphatic rings. The van der Waals surface area contributed by atoms with E-state index in [0.717, 1.165) is 5.57 Å². The molecule has 0 saturated heterocycles. The molecular formula is C13H13BrN2O2. The molecule has 18 heavy (non-hydrogen) atoms. The molecule has 1 aromatic rings. The fourth-order valence-electron chi connectivity index (χ4n) is 1.99. The molecule has 0 aromatic heterocycles. The molecule has 1 aliphatic heterocycles. The van der Waals surface area contributed by atoms with E-state index in [9.17, 15) is 9.59 Å². The number of likely N-dealkylation sites (N-methyl/N-ethyl adjacent to an activating group) is 1. The van der Waals surface area contributed by atoms with Crippen LogP contribution >= 0.6 is 15.9 Å². The Morgan fingerprint density at radius 3 is 2.83 bits per heavy atom. The first-order valence-corrected chi connectivity index (χ1v) is 6.31.